The molecule has 0 aromatic heterocycles. The van der Waals surface area contributed by atoms with E-state index in [4.69, 9.17) is 5.73 Å². The summed E-state index contributed by atoms with van der Waals surface area (Å²) in [5, 5.41) is 2.84. The van der Waals surface area contributed by atoms with Gasteiger partial charge < -0.3 is 11.1 Å². The second-order valence-electron chi connectivity index (χ2n) is 5.43. The number of amides is 1. The van der Waals surface area contributed by atoms with Crippen LogP contribution in [0.2, 0.25) is 0 Å². The third-order valence-corrected chi connectivity index (χ3v) is 4.09. The largest absolute Gasteiger partial charge is 0.351 e. The Labute approximate surface area is 113 Å². The first-order valence-corrected chi connectivity index (χ1v) is 6.90. The van der Waals surface area contributed by atoms with Crippen LogP contribution in [0.15, 0.2) is 24.3 Å². The van der Waals surface area contributed by atoms with Gasteiger partial charge in [-0.3, -0.25) is 4.79 Å². The second kappa shape index (κ2) is 6.15. The maximum atomic E-state index is 13.5. The van der Waals surface area contributed by atoms with Gasteiger partial charge in [-0.2, -0.15) is 0 Å². The molecule has 0 bridgehead atoms. The number of benzene rings is 1. The highest BCUT2D eigenvalue weighted by atomic mass is 19.1. The average molecular weight is 264 g/mol. The first-order chi connectivity index (χ1) is 9.17. The van der Waals surface area contributed by atoms with Crippen LogP contribution >= 0.6 is 0 Å². The van der Waals surface area contributed by atoms with Crippen LogP contribution < -0.4 is 11.1 Å². The fraction of sp³-hybridized carbons (Fsp3) is 0.533. The van der Waals surface area contributed by atoms with Crippen molar-refractivity contribution >= 4 is 5.91 Å². The van der Waals surface area contributed by atoms with Gasteiger partial charge in [-0.05, 0) is 36.9 Å². The molecule has 1 saturated carbocycles. The third kappa shape index (κ3) is 3.32. The fourth-order valence-corrected chi connectivity index (χ4v) is 2.76. The molecular weight excluding hydrogens is 243 g/mol. The monoisotopic (exact) mass is 264 g/mol. The van der Waals surface area contributed by atoms with E-state index in [0.717, 1.165) is 25.7 Å². The van der Waals surface area contributed by atoms with Gasteiger partial charge in [0.2, 0.25) is 0 Å². The van der Waals surface area contributed by atoms with E-state index in [-0.39, 0.29) is 16.9 Å². The third-order valence-electron chi connectivity index (χ3n) is 4.09. The van der Waals surface area contributed by atoms with Crippen LogP contribution in [-0.4, -0.2) is 19.0 Å². The Morgan fingerprint density at radius 1 is 1.26 bits per heavy atom. The van der Waals surface area contributed by atoms with Crippen molar-refractivity contribution in [3.63, 3.8) is 0 Å². The number of carbonyl (C=O) groups excluding carboxylic acids is 1. The highest BCUT2D eigenvalue weighted by Gasteiger charge is 2.31. The van der Waals surface area contributed by atoms with Gasteiger partial charge in [0.1, 0.15) is 5.82 Å². The molecule has 0 radical (unpaired) electrons. The number of nitrogens with two attached hydrogens (primary N) is 1. The molecule has 1 aliphatic carbocycles. The molecule has 0 spiro atoms. The van der Waals surface area contributed by atoms with Crippen molar-refractivity contribution in [2.45, 2.75) is 32.1 Å². The first-order valence-electron chi connectivity index (χ1n) is 6.90. The van der Waals surface area contributed by atoms with Crippen LogP contribution in [0.25, 0.3) is 0 Å². The zero-order valence-corrected chi connectivity index (χ0v) is 11.1. The molecule has 0 aliphatic heterocycles. The van der Waals surface area contributed by atoms with Gasteiger partial charge in [-0.15, -0.1) is 0 Å². The summed E-state index contributed by atoms with van der Waals surface area (Å²) in [6.07, 6.45) is 5.64. The molecule has 3 nitrogen and oxygen atoms in total. The van der Waals surface area contributed by atoms with E-state index in [1.54, 1.807) is 12.1 Å². The van der Waals surface area contributed by atoms with Gasteiger partial charge in [0.15, 0.2) is 0 Å². The van der Waals surface area contributed by atoms with Crippen molar-refractivity contribution in [2.24, 2.45) is 11.1 Å². The van der Waals surface area contributed by atoms with Crippen LogP contribution in [0.5, 0.6) is 0 Å². The predicted octanol–water partition coefficient (Wildman–Crippen LogP) is 2.46. The molecule has 0 saturated heterocycles. The summed E-state index contributed by atoms with van der Waals surface area (Å²) < 4.78 is 13.5. The SMILES string of the molecule is NCC1(CNC(=O)c2ccccc2F)CCCCC1. The lowest BCUT2D eigenvalue weighted by molar-refractivity contribution is 0.0910. The zero-order valence-electron chi connectivity index (χ0n) is 11.1. The molecule has 3 N–H and O–H groups in total. The minimum atomic E-state index is -0.481. The molecule has 19 heavy (non-hydrogen) atoms. The van der Waals surface area contributed by atoms with Gasteiger partial charge in [0.25, 0.3) is 5.91 Å². The summed E-state index contributed by atoms with van der Waals surface area (Å²) in [5.74, 6) is -0.832. The van der Waals surface area contributed by atoms with Crippen molar-refractivity contribution in [1.29, 1.82) is 0 Å². The number of halogens is 1. The summed E-state index contributed by atoms with van der Waals surface area (Å²) in [6, 6.07) is 6.04. The maximum Gasteiger partial charge on any atom is 0.254 e. The van der Waals surface area contributed by atoms with Gasteiger partial charge in [-0.25, -0.2) is 4.39 Å². The van der Waals surface area contributed by atoms with Crippen molar-refractivity contribution in [2.75, 3.05) is 13.1 Å². The normalized spacial score (nSPS) is 18.0. The van der Waals surface area contributed by atoms with Gasteiger partial charge >= 0.3 is 0 Å². The Bertz CT molecular complexity index is 442. The number of hydrogen-bond donors (Lipinski definition) is 2. The van der Waals surface area contributed by atoms with E-state index in [9.17, 15) is 9.18 Å². The predicted molar refractivity (Wildman–Crippen MR) is 73.3 cm³/mol. The topological polar surface area (TPSA) is 55.1 Å². The number of rotatable bonds is 4. The zero-order chi connectivity index (χ0) is 13.7. The van der Waals surface area contributed by atoms with E-state index in [1.165, 1.54) is 18.6 Å². The molecule has 1 aliphatic rings. The molecule has 0 unspecified atom stereocenters. The molecule has 0 heterocycles. The fourth-order valence-electron chi connectivity index (χ4n) is 2.76. The molecule has 4 heteroatoms. The van der Waals surface area contributed by atoms with Gasteiger partial charge in [-0.1, -0.05) is 31.4 Å². The first kappa shape index (κ1) is 14.0. The summed E-state index contributed by atoms with van der Waals surface area (Å²) in [7, 11) is 0. The number of hydrogen-bond acceptors (Lipinski definition) is 2. The smallest absolute Gasteiger partial charge is 0.254 e. The van der Waals surface area contributed by atoms with Crippen molar-refractivity contribution in [1.82, 2.24) is 5.32 Å². The molecular formula is C15H21FN2O. The average Bonchev–Trinajstić information content (AvgIpc) is 2.46. The molecule has 104 valence electrons. The molecule has 1 aromatic rings. The number of carbonyl (C=O) groups is 1. The lowest BCUT2D eigenvalue weighted by Crippen LogP contribution is -2.43. The van der Waals surface area contributed by atoms with Crippen molar-refractivity contribution in [3.05, 3.63) is 35.6 Å². The molecule has 1 aromatic carbocycles. The standard InChI is InChI=1S/C15H21FN2O/c16-13-7-3-2-6-12(13)14(19)18-11-15(10-17)8-4-1-5-9-15/h2-3,6-7H,1,4-5,8-11,17H2,(H,18,19). The highest BCUT2D eigenvalue weighted by Crippen LogP contribution is 2.34. The Balaban J connectivity index is 1.98. The Morgan fingerprint density at radius 2 is 1.95 bits per heavy atom. The van der Waals surface area contributed by atoms with Crippen molar-refractivity contribution < 1.29 is 9.18 Å². The van der Waals surface area contributed by atoms with Crippen LogP contribution in [0.4, 0.5) is 4.39 Å². The lowest BCUT2D eigenvalue weighted by atomic mass is 9.74. The molecule has 1 fully saturated rings. The van der Waals surface area contributed by atoms with Crippen LogP contribution in [0.1, 0.15) is 42.5 Å². The second-order valence-corrected chi connectivity index (χ2v) is 5.43. The summed E-state index contributed by atoms with van der Waals surface area (Å²) in [5.41, 5.74) is 5.97. The van der Waals surface area contributed by atoms with E-state index in [1.807, 2.05) is 0 Å². The van der Waals surface area contributed by atoms with Crippen molar-refractivity contribution in [3.8, 4) is 0 Å². The molecule has 0 atom stereocenters. The maximum absolute atomic E-state index is 13.5. The quantitative estimate of drug-likeness (QED) is 0.877. The molecule has 2 rings (SSSR count). The van der Waals surface area contributed by atoms with E-state index in [0.29, 0.717) is 13.1 Å². The van der Waals surface area contributed by atoms with Crippen LogP contribution in [0.3, 0.4) is 0 Å². The number of nitrogens with one attached hydrogen (secondary N) is 1. The summed E-state index contributed by atoms with van der Waals surface area (Å²) >= 11 is 0. The minimum absolute atomic E-state index is 0.000827. The summed E-state index contributed by atoms with van der Waals surface area (Å²) in [4.78, 5) is 12.0. The Morgan fingerprint density at radius 3 is 2.58 bits per heavy atom. The molecule has 1 amide bonds. The van der Waals surface area contributed by atoms with Gasteiger partial charge in [0, 0.05) is 6.54 Å². The highest BCUT2D eigenvalue weighted by molar-refractivity contribution is 5.94. The van der Waals surface area contributed by atoms with E-state index < -0.39 is 5.82 Å². The van der Waals surface area contributed by atoms with Gasteiger partial charge in [0.05, 0.1) is 5.56 Å². The van der Waals surface area contributed by atoms with Crippen LogP contribution in [-0.2, 0) is 0 Å². The Kier molecular flexibility index (Phi) is 4.53. The lowest BCUT2D eigenvalue weighted by Gasteiger charge is -2.36. The minimum Gasteiger partial charge on any atom is -0.351 e. The summed E-state index contributed by atoms with van der Waals surface area (Å²) in [6.45, 7) is 1.11. The Hall–Kier alpha value is -1.42. The van der Waals surface area contributed by atoms with E-state index in [2.05, 4.69) is 5.32 Å². The van der Waals surface area contributed by atoms with Crippen LogP contribution in [0, 0.1) is 11.2 Å². The van der Waals surface area contributed by atoms with E-state index >= 15 is 0 Å².